The molecule has 0 aliphatic heterocycles. The highest BCUT2D eigenvalue weighted by molar-refractivity contribution is 14.0. The van der Waals surface area contributed by atoms with Crippen LogP contribution in [-0.4, -0.2) is 18.0 Å². The fourth-order valence-electron chi connectivity index (χ4n) is 2.29. The summed E-state index contributed by atoms with van der Waals surface area (Å²) in [6.45, 7) is 1.26. The molecule has 5 nitrogen and oxygen atoms in total. The van der Waals surface area contributed by atoms with Gasteiger partial charge in [0.1, 0.15) is 5.76 Å². The van der Waals surface area contributed by atoms with E-state index in [0.717, 1.165) is 28.2 Å². The van der Waals surface area contributed by atoms with Crippen molar-refractivity contribution in [3.63, 3.8) is 0 Å². The quantitative estimate of drug-likeness (QED) is 0.385. The summed E-state index contributed by atoms with van der Waals surface area (Å²) >= 11 is 0. The van der Waals surface area contributed by atoms with Crippen LogP contribution < -0.4 is 10.6 Å². The van der Waals surface area contributed by atoms with Crippen molar-refractivity contribution in [1.29, 1.82) is 0 Å². The summed E-state index contributed by atoms with van der Waals surface area (Å²) < 4.78 is 5.29. The number of furan rings is 1. The van der Waals surface area contributed by atoms with Crippen LogP contribution in [0.25, 0.3) is 10.9 Å². The molecule has 2 aromatic heterocycles. The summed E-state index contributed by atoms with van der Waals surface area (Å²) in [7, 11) is 1.75. The minimum Gasteiger partial charge on any atom is -0.467 e. The number of aliphatic imine (C=N–C) groups is 1. The number of hydrogen-bond acceptors (Lipinski definition) is 3. The molecule has 23 heavy (non-hydrogen) atoms. The van der Waals surface area contributed by atoms with Crippen molar-refractivity contribution < 1.29 is 4.42 Å². The van der Waals surface area contributed by atoms with Crippen LogP contribution in [0.3, 0.4) is 0 Å². The standard InChI is InChI=1S/C17H18N4O.HI/c1-18-17(21-12-15-8-4-10-22-15)20-11-14-6-2-5-13-7-3-9-19-16(13)14;/h2-10H,11-12H2,1H3,(H2,18,20,21);1H. The third-order valence-corrected chi connectivity index (χ3v) is 3.40. The minimum absolute atomic E-state index is 0. The summed E-state index contributed by atoms with van der Waals surface area (Å²) in [4.78, 5) is 8.67. The number of halogens is 1. The highest BCUT2D eigenvalue weighted by atomic mass is 127. The average Bonchev–Trinajstić information content (AvgIpc) is 3.08. The minimum atomic E-state index is 0. The third kappa shape index (κ3) is 4.44. The van der Waals surface area contributed by atoms with Crippen LogP contribution in [0.15, 0.2) is 64.3 Å². The molecule has 0 unspecified atom stereocenters. The first-order valence-electron chi connectivity index (χ1n) is 7.16. The molecule has 0 amide bonds. The zero-order valence-electron chi connectivity index (χ0n) is 12.8. The van der Waals surface area contributed by atoms with E-state index in [1.54, 1.807) is 13.3 Å². The SMILES string of the molecule is CN=C(NCc1ccco1)NCc1cccc2cccnc12.I. The van der Waals surface area contributed by atoms with Crippen LogP contribution in [-0.2, 0) is 13.1 Å². The molecule has 0 fully saturated rings. The van der Waals surface area contributed by atoms with Gasteiger partial charge in [0, 0.05) is 25.2 Å². The number of aromatic nitrogens is 1. The fraction of sp³-hybridized carbons (Fsp3) is 0.176. The number of benzene rings is 1. The molecule has 3 aromatic rings. The molecule has 0 saturated carbocycles. The lowest BCUT2D eigenvalue weighted by Gasteiger charge is -2.12. The molecule has 0 aliphatic carbocycles. The molecule has 0 bridgehead atoms. The zero-order chi connectivity index (χ0) is 15.2. The summed E-state index contributed by atoms with van der Waals surface area (Å²) in [6.07, 6.45) is 3.48. The van der Waals surface area contributed by atoms with Gasteiger partial charge in [-0.1, -0.05) is 24.3 Å². The Morgan fingerprint density at radius 3 is 2.70 bits per heavy atom. The number of fused-ring (bicyclic) bond motifs is 1. The molecule has 2 N–H and O–H groups in total. The van der Waals surface area contributed by atoms with Crippen molar-refractivity contribution in [3.05, 3.63) is 66.2 Å². The number of nitrogens with one attached hydrogen (secondary N) is 2. The predicted molar refractivity (Wildman–Crippen MR) is 103 cm³/mol. The molecule has 2 heterocycles. The first kappa shape index (κ1) is 17.3. The van der Waals surface area contributed by atoms with Crippen molar-refractivity contribution in [3.8, 4) is 0 Å². The third-order valence-electron chi connectivity index (χ3n) is 3.40. The van der Waals surface area contributed by atoms with Crippen LogP contribution in [0.5, 0.6) is 0 Å². The smallest absolute Gasteiger partial charge is 0.191 e. The van der Waals surface area contributed by atoms with E-state index >= 15 is 0 Å². The molecule has 3 rings (SSSR count). The maximum absolute atomic E-state index is 5.29. The van der Waals surface area contributed by atoms with Crippen molar-refractivity contribution >= 4 is 40.8 Å². The van der Waals surface area contributed by atoms with Gasteiger partial charge in [-0.25, -0.2) is 0 Å². The van der Waals surface area contributed by atoms with E-state index in [1.807, 2.05) is 30.5 Å². The summed E-state index contributed by atoms with van der Waals surface area (Å²) in [5.74, 6) is 1.60. The van der Waals surface area contributed by atoms with E-state index in [-0.39, 0.29) is 24.0 Å². The number of guanidine groups is 1. The highest BCUT2D eigenvalue weighted by Crippen LogP contribution is 2.15. The monoisotopic (exact) mass is 422 g/mol. The van der Waals surface area contributed by atoms with Crippen molar-refractivity contribution in [2.75, 3.05) is 7.05 Å². The van der Waals surface area contributed by atoms with E-state index in [0.29, 0.717) is 13.1 Å². The topological polar surface area (TPSA) is 62.5 Å². The Hall–Kier alpha value is -2.09. The van der Waals surface area contributed by atoms with Crippen LogP contribution >= 0.6 is 24.0 Å². The first-order valence-corrected chi connectivity index (χ1v) is 7.16. The van der Waals surface area contributed by atoms with Crippen molar-refractivity contribution in [1.82, 2.24) is 15.6 Å². The number of nitrogens with zero attached hydrogens (tertiary/aromatic N) is 2. The second kappa shape index (κ2) is 8.52. The average molecular weight is 422 g/mol. The largest absolute Gasteiger partial charge is 0.467 e. The Morgan fingerprint density at radius 2 is 1.91 bits per heavy atom. The Labute approximate surface area is 152 Å². The van der Waals surface area contributed by atoms with Crippen LogP contribution in [0.2, 0.25) is 0 Å². The molecule has 0 atom stereocenters. The second-order valence-corrected chi connectivity index (χ2v) is 4.85. The van der Waals surface area contributed by atoms with Gasteiger partial charge in [-0.3, -0.25) is 9.98 Å². The summed E-state index contributed by atoms with van der Waals surface area (Å²) in [6, 6.07) is 14.0. The van der Waals surface area contributed by atoms with E-state index in [9.17, 15) is 0 Å². The zero-order valence-corrected chi connectivity index (χ0v) is 15.2. The van der Waals surface area contributed by atoms with Gasteiger partial charge in [0.2, 0.25) is 0 Å². The van der Waals surface area contributed by atoms with Gasteiger partial charge < -0.3 is 15.1 Å². The van der Waals surface area contributed by atoms with E-state index < -0.39 is 0 Å². The van der Waals surface area contributed by atoms with Crippen LogP contribution in [0.1, 0.15) is 11.3 Å². The predicted octanol–water partition coefficient (Wildman–Crippen LogP) is 3.31. The summed E-state index contributed by atoms with van der Waals surface area (Å²) in [5, 5.41) is 7.65. The van der Waals surface area contributed by atoms with Gasteiger partial charge in [-0.05, 0) is 23.8 Å². The maximum Gasteiger partial charge on any atom is 0.191 e. The van der Waals surface area contributed by atoms with Gasteiger partial charge in [0.05, 0.1) is 18.3 Å². The van der Waals surface area contributed by atoms with Crippen LogP contribution in [0.4, 0.5) is 0 Å². The Kier molecular flexibility index (Phi) is 6.40. The first-order chi connectivity index (χ1) is 10.9. The number of hydrogen-bond donors (Lipinski definition) is 2. The number of rotatable bonds is 4. The maximum atomic E-state index is 5.29. The van der Waals surface area contributed by atoms with Gasteiger partial charge in [-0.15, -0.1) is 24.0 Å². The Bertz CT molecular complexity index is 766. The lowest BCUT2D eigenvalue weighted by molar-refractivity contribution is 0.501. The van der Waals surface area contributed by atoms with Crippen molar-refractivity contribution in [2.45, 2.75) is 13.1 Å². The number of para-hydroxylation sites is 1. The molecule has 1 aromatic carbocycles. The van der Waals surface area contributed by atoms with Crippen LogP contribution in [0, 0.1) is 0 Å². The molecule has 0 spiro atoms. The highest BCUT2D eigenvalue weighted by Gasteiger charge is 2.04. The molecule has 120 valence electrons. The lowest BCUT2D eigenvalue weighted by Crippen LogP contribution is -2.36. The summed E-state index contributed by atoms with van der Waals surface area (Å²) in [5.41, 5.74) is 2.15. The van der Waals surface area contributed by atoms with Gasteiger partial charge in [0.25, 0.3) is 0 Å². The van der Waals surface area contributed by atoms with E-state index in [4.69, 9.17) is 4.42 Å². The van der Waals surface area contributed by atoms with Crippen molar-refractivity contribution in [2.24, 2.45) is 4.99 Å². The fourth-order valence-corrected chi connectivity index (χ4v) is 2.29. The number of pyridine rings is 1. The van der Waals surface area contributed by atoms with Gasteiger partial charge >= 0.3 is 0 Å². The molecule has 0 saturated heterocycles. The van der Waals surface area contributed by atoms with E-state index in [1.165, 1.54) is 0 Å². The Balaban J connectivity index is 0.00000192. The lowest BCUT2D eigenvalue weighted by atomic mass is 10.1. The molecular formula is C17H19IN4O. The van der Waals surface area contributed by atoms with Gasteiger partial charge in [-0.2, -0.15) is 0 Å². The Morgan fingerprint density at radius 1 is 1.09 bits per heavy atom. The molecule has 0 radical (unpaired) electrons. The molecule has 0 aliphatic rings. The van der Waals surface area contributed by atoms with E-state index in [2.05, 4.69) is 38.8 Å². The second-order valence-electron chi connectivity index (χ2n) is 4.85. The van der Waals surface area contributed by atoms with Gasteiger partial charge in [0.15, 0.2) is 5.96 Å². The normalized spacial score (nSPS) is 11.1. The molecule has 6 heteroatoms. The molecular weight excluding hydrogens is 403 g/mol.